The second-order valence-corrected chi connectivity index (χ2v) is 5.59. The van der Waals surface area contributed by atoms with Crippen molar-refractivity contribution in [2.24, 2.45) is 0 Å². The minimum atomic E-state index is -0.0253. The van der Waals surface area contributed by atoms with E-state index < -0.39 is 0 Å². The molecule has 1 aliphatic carbocycles. The maximum Gasteiger partial charge on any atom is 0.277 e. The average molecular weight is 311 g/mol. The first-order chi connectivity index (χ1) is 11.2. The van der Waals surface area contributed by atoms with Gasteiger partial charge in [0.25, 0.3) is 11.3 Å². The Labute approximate surface area is 132 Å². The molecule has 2 aromatic heterocycles. The van der Waals surface area contributed by atoms with Gasteiger partial charge in [0.1, 0.15) is 11.6 Å². The van der Waals surface area contributed by atoms with Crippen molar-refractivity contribution in [3.05, 3.63) is 51.7 Å². The fraction of sp³-hybridized carbons (Fsp3) is 0.312. The molecule has 0 radical (unpaired) electrons. The third-order valence-corrected chi connectivity index (χ3v) is 4.09. The van der Waals surface area contributed by atoms with Crippen LogP contribution in [0.3, 0.4) is 0 Å². The number of fused-ring (bicyclic) bond motifs is 2. The van der Waals surface area contributed by atoms with Crippen molar-refractivity contribution in [3.8, 4) is 5.75 Å². The van der Waals surface area contributed by atoms with Crippen LogP contribution < -0.4 is 15.6 Å². The number of benzene rings is 1. The van der Waals surface area contributed by atoms with Gasteiger partial charge in [0.2, 0.25) is 0 Å². The molecule has 23 heavy (non-hydrogen) atoms. The van der Waals surface area contributed by atoms with Crippen molar-refractivity contribution >= 4 is 11.5 Å². The summed E-state index contributed by atoms with van der Waals surface area (Å²) in [5.74, 6) is 1.90. The molecule has 0 amide bonds. The van der Waals surface area contributed by atoms with Crippen molar-refractivity contribution in [2.75, 3.05) is 12.4 Å². The Kier molecular flexibility index (Phi) is 3.25. The number of aromatic amines is 1. The van der Waals surface area contributed by atoms with Gasteiger partial charge in [-0.1, -0.05) is 6.07 Å². The smallest absolute Gasteiger partial charge is 0.277 e. The predicted octanol–water partition coefficient (Wildman–Crippen LogP) is 1.53. The highest BCUT2D eigenvalue weighted by atomic mass is 16.5. The van der Waals surface area contributed by atoms with E-state index in [4.69, 9.17) is 4.74 Å². The molecule has 4 rings (SSSR count). The van der Waals surface area contributed by atoms with Crippen LogP contribution in [0.25, 0.3) is 5.78 Å². The number of hydrogen-bond acceptors (Lipinski definition) is 5. The SMILES string of the molecule is COc1cccc(NCc2nc3nc4c(c(=O)n3[nH]2)CCC4)c1. The molecule has 0 saturated carbocycles. The van der Waals surface area contributed by atoms with Crippen LogP contribution in [0.15, 0.2) is 29.1 Å². The normalized spacial score (nSPS) is 13.3. The number of aryl methyl sites for hydroxylation is 1. The zero-order chi connectivity index (χ0) is 15.8. The average Bonchev–Trinajstić information content (AvgIpc) is 3.20. The number of methoxy groups -OCH3 is 1. The van der Waals surface area contributed by atoms with Gasteiger partial charge < -0.3 is 10.1 Å². The lowest BCUT2D eigenvalue weighted by Gasteiger charge is -2.05. The molecule has 2 heterocycles. The molecule has 0 spiro atoms. The Hall–Kier alpha value is -2.83. The Bertz CT molecular complexity index is 928. The van der Waals surface area contributed by atoms with Crippen LogP contribution in [0, 0.1) is 0 Å². The molecule has 0 atom stereocenters. The van der Waals surface area contributed by atoms with E-state index >= 15 is 0 Å². The van der Waals surface area contributed by atoms with Gasteiger partial charge in [-0.3, -0.25) is 9.89 Å². The van der Waals surface area contributed by atoms with Gasteiger partial charge in [-0.15, -0.1) is 0 Å². The quantitative estimate of drug-likeness (QED) is 0.763. The van der Waals surface area contributed by atoms with Gasteiger partial charge in [0, 0.05) is 17.3 Å². The molecule has 0 saturated heterocycles. The lowest BCUT2D eigenvalue weighted by Crippen LogP contribution is -2.20. The van der Waals surface area contributed by atoms with E-state index in [0.29, 0.717) is 18.1 Å². The summed E-state index contributed by atoms with van der Waals surface area (Å²) in [6.07, 6.45) is 2.67. The lowest BCUT2D eigenvalue weighted by molar-refractivity contribution is 0.415. The monoisotopic (exact) mass is 311 g/mol. The van der Waals surface area contributed by atoms with Crippen molar-refractivity contribution in [3.63, 3.8) is 0 Å². The molecule has 7 heteroatoms. The summed E-state index contributed by atoms with van der Waals surface area (Å²) in [6, 6.07) is 7.65. The number of nitrogens with one attached hydrogen (secondary N) is 2. The van der Waals surface area contributed by atoms with Crippen molar-refractivity contribution in [1.29, 1.82) is 0 Å². The summed E-state index contributed by atoms with van der Waals surface area (Å²) < 4.78 is 6.63. The van der Waals surface area contributed by atoms with E-state index in [9.17, 15) is 4.79 Å². The molecule has 3 aromatic rings. The fourth-order valence-electron chi connectivity index (χ4n) is 2.93. The maximum atomic E-state index is 12.4. The number of H-pyrrole nitrogens is 1. The molecule has 7 nitrogen and oxygen atoms in total. The second-order valence-electron chi connectivity index (χ2n) is 5.59. The summed E-state index contributed by atoms with van der Waals surface area (Å²) in [7, 11) is 1.63. The minimum absolute atomic E-state index is 0.0253. The molecular weight excluding hydrogens is 294 g/mol. The molecule has 0 bridgehead atoms. The number of hydrogen-bond donors (Lipinski definition) is 2. The number of aromatic nitrogens is 4. The third-order valence-electron chi connectivity index (χ3n) is 4.09. The van der Waals surface area contributed by atoms with E-state index in [0.717, 1.165) is 42.0 Å². The van der Waals surface area contributed by atoms with Crippen molar-refractivity contribution < 1.29 is 4.74 Å². The largest absolute Gasteiger partial charge is 0.497 e. The molecule has 2 N–H and O–H groups in total. The summed E-state index contributed by atoms with van der Waals surface area (Å²) in [5, 5.41) is 6.29. The Balaban J connectivity index is 1.60. The van der Waals surface area contributed by atoms with Gasteiger partial charge in [-0.2, -0.15) is 9.50 Å². The molecular formula is C16H17N5O2. The maximum absolute atomic E-state index is 12.4. The van der Waals surface area contributed by atoms with E-state index in [1.54, 1.807) is 7.11 Å². The Morgan fingerprint density at radius 1 is 1.35 bits per heavy atom. The first kappa shape index (κ1) is 13.8. The molecule has 0 fully saturated rings. The van der Waals surface area contributed by atoms with Crippen LogP contribution >= 0.6 is 0 Å². The Morgan fingerprint density at radius 2 is 2.26 bits per heavy atom. The summed E-state index contributed by atoms with van der Waals surface area (Å²) >= 11 is 0. The topological polar surface area (TPSA) is 84.3 Å². The van der Waals surface area contributed by atoms with Gasteiger partial charge in [-0.25, -0.2) is 4.98 Å². The second kappa shape index (κ2) is 5.42. The number of rotatable bonds is 4. The van der Waals surface area contributed by atoms with Crippen molar-refractivity contribution in [1.82, 2.24) is 19.6 Å². The zero-order valence-corrected chi connectivity index (χ0v) is 12.8. The van der Waals surface area contributed by atoms with E-state index in [1.807, 2.05) is 24.3 Å². The first-order valence-electron chi connectivity index (χ1n) is 7.62. The highest BCUT2D eigenvalue weighted by molar-refractivity contribution is 5.48. The minimum Gasteiger partial charge on any atom is -0.497 e. The zero-order valence-electron chi connectivity index (χ0n) is 12.8. The molecule has 0 aliphatic heterocycles. The van der Waals surface area contributed by atoms with Crippen LogP contribution in [-0.2, 0) is 19.4 Å². The van der Waals surface area contributed by atoms with Gasteiger partial charge >= 0.3 is 0 Å². The third kappa shape index (κ3) is 2.44. The van der Waals surface area contributed by atoms with E-state index in [1.165, 1.54) is 4.52 Å². The standard InChI is InChI=1S/C16H17N5O2/c1-23-11-5-2-4-10(8-11)17-9-14-19-16-18-13-7-3-6-12(13)15(22)21(16)20-14/h2,4-5,8,17H,3,6-7,9H2,1H3,(H,18,19,20). The molecule has 1 aromatic carbocycles. The van der Waals surface area contributed by atoms with Gasteiger partial charge in [0.15, 0.2) is 0 Å². The molecule has 118 valence electrons. The first-order valence-corrected chi connectivity index (χ1v) is 7.62. The summed E-state index contributed by atoms with van der Waals surface area (Å²) in [6.45, 7) is 0.473. The molecule has 0 unspecified atom stereocenters. The Morgan fingerprint density at radius 3 is 3.13 bits per heavy atom. The van der Waals surface area contributed by atoms with Crippen LogP contribution in [0.1, 0.15) is 23.5 Å². The lowest BCUT2D eigenvalue weighted by atomic mass is 10.3. The van der Waals surface area contributed by atoms with E-state index in [-0.39, 0.29) is 5.56 Å². The summed E-state index contributed by atoms with van der Waals surface area (Å²) in [4.78, 5) is 21.3. The van der Waals surface area contributed by atoms with Crippen LogP contribution in [-0.4, -0.2) is 26.7 Å². The molecule has 1 aliphatic rings. The predicted molar refractivity (Wildman–Crippen MR) is 86.0 cm³/mol. The highest BCUT2D eigenvalue weighted by Crippen LogP contribution is 2.18. The van der Waals surface area contributed by atoms with Gasteiger partial charge in [0.05, 0.1) is 19.3 Å². The number of ether oxygens (including phenoxy) is 1. The highest BCUT2D eigenvalue weighted by Gasteiger charge is 2.19. The number of anilines is 1. The van der Waals surface area contributed by atoms with Gasteiger partial charge in [-0.05, 0) is 31.4 Å². The van der Waals surface area contributed by atoms with Crippen LogP contribution in [0.5, 0.6) is 5.75 Å². The number of nitrogens with zero attached hydrogens (tertiary/aromatic N) is 3. The van der Waals surface area contributed by atoms with Crippen LogP contribution in [0.4, 0.5) is 5.69 Å². The fourth-order valence-corrected chi connectivity index (χ4v) is 2.93. The van der Waals surface area contributed by atoms with Crippen LogP contribution in [0.2, 0.25) is 0 Å². The van der Waals surface area contributed by atoms with Crippen molar-refractivity contribution in [2.45, 2.75) is 25.8 Å². The van der Waals surface area contributed by atoms with E-state index in [2.05, 4.69) is 20.4 Å². The summed E-state index contributed by atoms with van der Waals surface area (Å²) in [5.41, 5.74) is 2.61.